The summed E-state index contributed by atoms with van der Waals surface area (Å²) in [6, 6.07) is 0. The molecule has 0 unspecified atom stereocenters. The molecule has 0 radical (unpaired) electrons. The first kappa shape index (κ1) is 12.3. The second kappa shape index (κ2) is 4.62. The summed E-state index contributed by atoms with van der Waals surface area (Å²) in [7, 11) is 0. The average Bonchev–Trinajstić information content (AvgIpc) is 2.22. The molecular weight excluding hydrogens is 238 g/mol. The number of hydrogen-bond donors (Lipinski definition) is 1. The standard InChI is InChI=1S/C11H15N3O2S/c1-6-9(10(17-3)13-7(2)12-6)11(16)14-4-8(15)5-14/h8,15H,4-5H2,1-3H3. The van der Waals surface area contributed by atoms with Crippen LogP contribution >= 0.6 is 11.8 Å². The van der Waals surface area contributed by atoms with Crippen LogP contribution in [0.2, 0.25) is 0 Å². The molecule has 1 N–H and O–H groups in total. The molecule has 0 saturated carbocycles. The fraction of sp³-hybridized carbons (Fsp3) is 0.545. The highest BCUT2D eigenvalue weighted by molar-refractivity contribution is 7.98. The van der Waals surface area contributed by atoms with Gasteiger partial charge in [-0.15, -0.1) is 11.8 Å². The summed E-state index contributed by atoms with van der Waals surface area (Å²) in [5, 5.41) is 9.93. The molecular formula is C11H15N3O2S. The number of aromatic nitrogens is 2. The van der Waals surface area contributed by atoms with Gasteiger partial charge >= 0.3 is 0 Å². The summed E-state index contributed by atoms with van der Waals surface area (Å²) in [5.74, 6) is 0.587. The van der Waals surface area contributed by atoms with E-state index in [1.807, 2.05) is 20.1 Å². The van der Waals surface area contributed by atoms with Gasteiger partial charge in [0.15, 0.2) is 0 Å². The van der Waals surface area contributed by atoms with Crippen LogP contribution in [-0.4, -0.2) is 51.3 Å². The van der Waals surface area contributed by atoms with E-state index >= 15 is 0 Å². The molecule has 1 fully saturated rings. The maximum absolute atomic E-state index is 12.2. The predicted octanol–water partition coefficient (Wildman–Crippen LogP) is 0.632. The zero-order valence-electron chi connectivity index (χ0n) is 10.1. The molecule has 17 heavy (non-hydrogen) atoms. The predicted molar refractivity (Wildman–Crippen MR) is 65.2 cm³/mol. The Morgan fingerprint density at radius 2 is 2.06 bits per heavy atom. The Kier molecular flexibility index (Phi) is 3.35. The highest BCUT2D eigenvalue weighted by Gasteiger charge is 2.32. The third kappa shape index (κ3) is 2.28. The minimum atomic E-state index is -0.386. The first-order chi connectivity index (χ1) is 8.02. The summed E-state index contributed by atoms with van der Waals surface area (Å²) in [4.78, 5) is 22.3. The number of amides is 1. The average molecular weight is 253 g/mol. The van der Waals surface area contributed by atoms with Gasteiger partial charge < -0.3 is 10.0 Å². The van der Waals surface area contributed by atoms with Gasteiger partial charge in [0.2, 0.25) is 0 Å². The number of hydrogen-bond acceptors (Lipinski definition) is 5. The summed E-state index contributed by atoms with van der Waals surface area (Å²) < 4.78 is 0. The van der Waals surface area contributed by atoms with E-state index in [2.05, 4.69) is 9.97 Å². The van der Waals surface area contributed by atoms with Crippen molar-refractivity contribution in [1.29, 1.82) is 0 Å². The van der Waals surface area contributed by atoms with Crippen LogP contribution in [0.15, 0.2) is 5.03 Å². The van der Waals surface area contributed by atoms with Gasteiger partial charge in [-0.1, -0.05) is 0 Å². The molecule has 0 aromatic carbocycles. The molecule has 0 aliphatic carbocycles. The zero-order chi connectivity index (χ0) is 12.6. The molecule has 1 aromatic rings. The Morgan fingerprint density at radius 3 is 2.59 bits per heavy atom. The zero-order valence-corrected chi connectivity index (χ0v) is 10.9. The van der Waals surface area contributed by atoms with Crippen molar-refractivity contribution < 1.29 is 9.90 Å². The number of nitrogens with zero attached hydrogens (tertiary/aromatic N) is 3. The van der Waals surface area contributed by atoms with Gasteiger partial charge in [-0.05, 0) is 20.1 Å². The highest BCUT2D eigenvalue weighted by atomic mass is 32.2. The van der Waals surface area contributed by atoms with Crippen molar-refractivity contribution in [2.24, 2.45) is 0 Å². The molecule has 1 amide bonds. The molecule has 1 aliphatic heterocycles. The van der Waals surface area contributed by atoms with Crippen molar-refractivity contribution in [2.45, 2.75) is 25.0 Å². The van der Waals surface area contributed by atoms with Crippen molar-refractivity contribution in [3.8, 4) is 0 Å². The highest BCUT2D eigenvalue weighted by Crippen LogP contribution is 2.23. The van der Waals surface area contributed by atoms with Crippen LogP contribution in [-0.2, 0) is 0 Å². The molecule has 2 rings (SSSR count). The molecule has 5 nitrogen and oxygen atoms in total. The number of rotatable bonds is 2. The lowest BCUT2D eigenvalue weighted by molar-refractivity contribution is 0.00550. The van der Waals surface area contributed by atoms with Gasteiger partial charge in [-0.2, -0.15) is 0 Å². The number of carbonyl (C=O) groups is 1. The Bertz CT molecular complexity index is 458. The minimum absolute atomic E-state index is 0.0860. The lowest BCUT2D eigenvalue weighted by Gasteiger charge is -2.36. The van der Waals surface area contributed by atoms with Crippen LogP contribution in [0.25, 0.3) is 0 Å². The molecule has 1 aromatic heterocycles. The quantitative estimate of drug-likeness (QED) is 0.618. The summed E-state index contributed by atoms with van der Waals surface area (Å²) in [6.45, 7) is 4.44. The summed E-state index contributed by atoms with van der Waals surface area (Å²) in [5.41, 5.74) is 1.27. The van der Waals surface area contributed by atoms with Crippen molar-refractivity contribution in [3.05, 3.63) is 17.1 Å². The fourth-order valence-electron chi connectivity index (χ4n) is 1.85. The van der Waals surface area contributed by atoms with Crippen LogP contribution < -0.4 is 0 Å². The van der Waals surface area contributed by atoms with Crippen molar-refractivity contribution in [2.75, 3.05) is 19.3 Å². The van der Waals surface area contributed by atoms with Crippen LogP contribution in [0.1, 0.15) is 21.9 Å². The van der Waals surface area contributed by atoms with Crippen LogP contribution in [0, 0.1) is 13.8 Å². The maximum Gasteiger partial charge on any atom is 0.258 e. The van der Waals surface area contributed by atoms with Crippen LogP contribution in [0.3, 0.4) is 0 Å². The largest absolute Gasteiger partial charge is 0.389 e. The number of carbonyl (C=O) groups excluding carboxylic acids is 1. The first-order valence-corrected chi connectivity index (χ1v) is 6.62. The first-order valence-electron chi connectivity index (χ1n) is 5.39. The Morgan fingerprint density at radius 1 is 1.41 bits per heavy atom. The van der Waals surface area contributed by atoms with Crippen molar-refractivity contribution in [3.63, 3.8) is 0 Å². The number of aliphatic hydroxyl groups excluding tert-OH is 1. The third-order valence-electron chi connectivity index (χ3n) is 2.73. The van der Waals surface area contributed by atoms with Gasteiger partial charge in [0, 0.05) is 13.1 Å². The normalized spacial score (nSPS) is 15.9. The lowest BCUT2D eigenvalue weighted by Crippen LogP contribution is -2.53. The molecule has 1 aliphatic rings. The van der Waals surface area contributed by atoms with E-state index in [1.54, 1.807) is 4.90 Å². The van der Waals surface area contributed by atoms with Gasteiger partial charge in [0.1, 0.15) is 10.9 Å². The van der Waals surface area contributed by atoms with Gasteiger partial charge in [0.05, 0.1) is 17.4 Å². The van der Waals surface area contributed by atoms with Crippen molar-refractivity contribution >= 4 is 17.7 Å². The smallest absolute Gasteiger partial charge is 0.258 e. The van der Waals surface area contributed by atoms with Crippen LogP contribution in [0.5, 0.6) is 0 Å². The summed E-state index contributed by atoms with van der Waals surface area (Å²) >= 11 is 1.44. The van der Waals surface area contributed by atoms with E-state index in [0.29, 0.717) is 35.2 Å². The van der Waals surface area contributed by atoms with E-state index in [4.69, 9.17) is 0 Å². The summed E-state index contributed by atoms with van der Waals surface area (Å²) in [6.07, 6.45) is 1.51. The number of aryl methyl sites for hydroxylation is 2. The number of likely N-dealkylation sites (tertiary alicyclic amines) is 1. The molecule has 1 saturated heterocycles. The van der Waals surface area contributed by atoms with Gasteiger partial charge in [-0.25, -0.2) is 9.97 Å². The Hall–Kier alpha value is -1.14. The van der Waals surface area contributed by atoms with Crippen LogP contribution in [0.4, 0.5) is 0 Å². The van der Waals surface area contributed by atoms with E-state index in [-0.39, 0.29) is 12.0 Å². The van der Waals surface area contributed by atoms with Crippen molar-refractivity contribution in [1.82, 2.24) is 14.9 Å². The van der Waals surface area contributed by atoms with E-state index in [9.17, 15) is 9.90 Å². The van der Waals surface area contributed by atoms with Gasteiger partial charge in [-0.3, -0.25) is 4.79 Å². The fourth-order valence-corrected chi connectivity index (χ4v) is 2.52. The monoisotopic (exact) mass is 253 g/mol. The Labute approximate surface area is 104 Å². The second-order valence-corrected chi connectivity index (χ2v) is 4.90. The third-order valence-corrected chi connectivity index (χ3v) is 3.41. The topological polar surface area (TPSA) is 66.3 Å². The lowest BCUT2D eigenvalue weighted by atomic mass is 10.1. The number of thioether (sulfide) groups is 1. The van der Waals surface area contributed by atoms with E-state index < -0.39 is 0 Å². The maximum atomic E-state index is 12.2. The van der Waals surface area contributed by atoms with E-state index in [0.717, 1.165) is 0 Å². The molecule has 92 valence electrons. The molecule has 0 atom stereocenters. The molecule has 0 spiro atoms. The SMILES string of the molecule is CSc1nc(C)nc(C)c1C(=O)N1CC(O)C1. The Balaban J connectivity index is 2.34. The van der Waals surface area contributed by atoms with Gasteiger partial charge in [0.25, 0.3) is 5.91 Å². The number of β-amino-alcohol motifs (C(OH)–C–C–N with tert-alkyl or cyclic N) is 1. The minimum Gasteiger partial charge on any atom is -0.389 e. The molecule has 6 heteroatoms. The second-order valence-electron chi connectivity index (χ2n) is 4.10. The van der Waals surface area contributed by atoms with E-state index in [1.165, 1.54) is 11.8 Å². The number of aliphatic hydroxyl groups is 1. The molecule has 0 bridgehead atoms. The molecule has 2 heterocycles.